The van der Waals surface area contributed by atoms with Crippen molar-refractivity contribution in [3.63, 3.8) is 0 Å². The highest BCUT2D eigenvalue weighted by Crippen LogP contribution is 2.33. The summed E-state index contributed by atoms with van der Waals surface area (Å²) in [4.78, 5) is 40.8. The van der Waals surface area contributed by atoms with E-state index in [0.717, 1.165) is 24.2 Å². The molecule has 2 fully saturated rings. The second-order valence-electron chi connectivity index (χ2n) is 7.83. The van der Waals surface area contributed by atoms with E-state index in [4.69, 9.17) is 4.74 Å². The first-order chi connectivity index (χ1) is 13.8. The zero-order chi connectivity index (χ0) is 21.2. The van der Waals surface area contributed by atoms with Gasteiger partial charge in [0.15, 0.2) is 0 Å². The van der Waals surface area contributed by atoms with Crippen molar-refractivity contribution in [3.05, 3.63) is 29.8 Å². The molecule has 1 heterocycles. The molecular weight excluding hydrogens is 372 g/mol. The lowest BCUT2D eigenvalue weighted by Crippen LogP contribution is -2.53. The Morgan fingerprint density at radius 2 is 1.86 bits per heavy atom. The highest BCUT2D eigenvalue weighted by molar-refractivity contribution is 6.09. The molecule has 2 aliphatic rings. The molecule has 8 heteroatoms. The Bertz CT molecular complexity index is 854. The number of likely N-dealkylation sites (N-methyl/N-ethyl adjacent to an activating group) is 1. The number of urea groups is 1. The van der Waals surface area contributed by atoms with Crippen LogP contribution in [0.25, 0.3) is 0 Å². The molecule has 4 amide bonds. The average Bonchev–Trinajstić information content (AvgIpc) is 2.97. The fourth-order valence-corrected chi connectivity index (χ4v) is 4.10. The first-order valence-corrected chi connectivity index (χ1v) is 9.74. The normalized spacial score (nSPS) is 23.3. The number of carbonyl (C=O) groups excluding carboxylic acids is 3. The number of imide groups is 1. The van der Waals surface area contributed by atoms with Gasteiger partial charge in [-0.05, 0) is 37.5 Å². The van der Waals surface area contributed by atoms with Gasteiger partial charge in [0.1, 0.15) is 23.4 Å². The van der Waals surface area contributed by atoms with E-state index in [9.17, 15) is 19.6 Å². The van der Waals surface area contributed by atoms with Crippen LogP contribution in [-0.2, 0) is 15.1 Å². The standard InChI is InChI=1S/C21H26N4O4/c1-20(15-7-9-16(29-3)10-8-15)18(27)25(19(28)23-20)13-17(26)24(2)21(14-22)11-5-4-6-12-21/h7-10H,4-6,11-13H2,1-3H3,(H,23,28)/t20-/m1/s1. The van der Waals surface area contributed by atoms with Gasteiger partial charge in [-0.1, -0.05) is 31.4 Å². The van der Waals surface area contributed by atoms with Crippen LogP contribution < -0.4 is 10.1 Å². The summed E-state index contributed by atoms with van der Waals surface area (Å²) in [7, 11) is 3.13. The second kappa shape index (κ2) is 7.74. The highest BCUT2D eigenvalue weighted by atomic mass is 16.5. The minimum absolute atomic E-state index is 0.393. The Hall–Kier alpha value is -3.08. The Morgan fingerprint density at radius 3 is 2.41 bits per heavy atom. The average molecular weight is 398 g/mol. The van der Waals surface area contributed by atoms with Crippen LogP contribution in [0.1, 0.15) is 44.6 Å². The Labute approximate surface area is 170 Å². The number of hydrogen-bond acceptors (Lipinski definition) is 5. The maximum atomic E-state index is 13.1. The van der Waals surface area contributed by atoms with E-state index in [1.54, 1.807) is 45.3 Å². The molecule has 1 aromatic rings. The van der Waals surface area contributed by atoms with Crippen LogP contribution in [0.2, 0.25) is 0 Å². The van der Waals surface area contributed by atoms with Crippen molar-refractivity contribution in [2.45, 2.75) is 50.1 Å². The number of hydrogen-bond donors (Lipinski definition) is 1. The van der Waals surface area contributed by atoms with Gasteiger partial charge in [-0.3, -0.25) is 14.5 Å². The summed E-state index contributed by atoms with van der Waals surface area (Å²) >= 11 is 0. The van der Waals surface area contributed by atoms with E-state index < -0.39 is 35.5 Å². The molecule has 8 nitrogen and oxygen atoms in total. The summed E-state index contributed by atoms with van der Waals surface area (Å²) < 4.78 is 5.13. The molecule has 1 saturated heterocycles. The monoisotopic (exact) mass is 398 g/mol. The third kappa shape index (κ3) is 3.53. The minimum Gasteiger partial charge on any atom is -0.497 e. The lowest BCUT2D eigenvalue weighted by molar-refractivity contribution is -0.141. The van der Waals surface area contributed by atoms with Crippen LogP contribution in [0.5, 0.6) is 5.75 Å². The van der Waals surface area contributed by atoms with Crippen molar-refractivity contribution >= 4 is 17.8 Å². The molecular formula is C21H26N4O4. The van der Waals surface area contributed by atoms with Crippen LogP contribution in [0.15, 0.2) is 24.3 Å². The zero-order valence-electron chi connectivity index (χ0n) is 17.0. The largest absolute Gasteiger partial charge is 0.497 e. The number of methoxy groups -OCH3 is 1. The fraction of sp³-hybridized carbons (Fsp3) is 0.524. The topological polar surface area (TPSA) is 103 Å². The molecule has 1 saturated carbocycles. The van der Waals surface area contributed by atoms with Crippen LogP contribution >= 0.6 is 0 Å². The van der Waals surface area contributed by atoms with E-state index in [-0.39, 0.29) is 0 Å². The van der Waals surface area contributed by atoms with Crippen LogP contribution in [0.3, 0.4) is 0 Å². The lowest BCUT2D eigenvalue weighted by atomic mass is 9.81. The van der Waals surface area contributed by atoms with Crippen molar-refractivity contribution in [2.75, 3.05) is 20.7 Å². The Morgan fingerprint density at radius 1 is 1.24 bits per heavy atom. The summed E-state index contributed by atoms with van der Waals surface area (Å²) in [5.74, 6) is -0.280. The van der Waals surface area contributed by atoms with Crippen LogP contribution in [0, 0.1) is 11.3 Å². The number of amides is 4. The fourth-order valence-electron chi connectivity index (χ4n) is 4.10. The van der Waals surface area contributed by atoms with Crippen molar-refractivity contribution < 1.29 is 19.1 Å². The predicted molar refractivity (Wildman–Crippen MR) is 105 cm³/mol. The highest BCUT2D eigenvalue weighted by Gasteiger charge is 2.50. The number of nitrogens with zero attached hydrogens (tertiary/aromatic N) is 3. The van der Waals surface area contributed by atoms with Gasteiger partial charge in [-0.2, -0.15) is 5.26 Å². The van der Waals surface area contributed by atoms with Gasteiger partial charge in [-0.25, -0.2) is 4.79 Å². The number of nitriles is 1. The summed E-state index contributed by atoms with van der Waals surface area (Å²) in [6.07, 6.45) is 4.01. The summed E-state index contributed by atoms with van der Waals surface area (Å²) in [6.45, 7) is 1.22. The zero-order valence-corrected chi connectivity index (χ0v) is 17.0. The molecule has 0 unspecified atom stereocenters. The summed E-state index contributed by atoms with van der Waals surface area (Å²) in [5.41, 5.74) is -1.53. The molecule has 154 valence electrons. The smallest absolute Gasteiger partial charge is 0.325 e. The van der Waals surface area contributed by atoms with Gasteiger partial charge in [0, 0.05) is 7.05 Å². The molecule has 29 heavy (non-hydrogen) atoms. The van der Waals surface area contributed by atoms with E-state index >= 15 is 0 Å². The Balaban J connectivity index is 1.77. The third-order valence-electron chi connectivity index (χ3n) is 6.14. The van der Waals surface area contributed by atoms with Crippen molar-refractivity contribution in [2.24, 2.45) is 0 Å². The third-order valence-corrected chi connectivity index (χ3v) is 6.14. The molecule has 1 aromatic carbocycles. The quantitative estimate of drug-likeness (QED) is 0.766. The molecule has 1 N–H and O–H groups in total. The van der Waals surface area contributed by atoms with Gasteiger partial charge in [0.25, 0.3) is 5.91 Å². The van der Waals surface area contributed by atoms with Gasteiger partial charge >= 0.3 is 6.03 Å². The maximum Gasteiger partial charge on any atom is 0.325 e. The van der Waals surface area contributed by atoms with Crippen molar-refractivity contribution in [1.82, 2.24) is 15.1 Å². The van der Waals surface area contributed by atoms with Gasteiger partial charge in [0.2, 0.25) is 5.91 Å². The van der Waals surface area contributed by atoms with E-state index in [2.05, 4.69) is 11.4 Å². The van der Waals surface area contributed by atoms with Gasteiger partial charge in [-0.15, -0.1) is 0 Å². The van der Waals surface area contributed by atoms with Crippen molar-refractivity contribution in [1.29, 1.82) is 5.26 Å². The summed E-state index contributed by atoms with van der Waals surface area (Å²) in [6, 6.07) is 8.51. The summed E-state index contributed by atoms with van der Waals surface area (Å²) in [5, 5.41) is 12.4. The SMILES string of the molecule is COc1ccc([C@@]2(C)NC(=O)N(CC(=O)N(C)C3(C#N)CCCCC3)C2=O)cc1. The molecule has 0 radical (unpaired) electrons. The molecule has 1 aliphatic carbocycles. The first kappa shape index (κ1) is 20.6. The molecule has 1 aliphatic heterocycles. The minimum atomic E-state index is -1.26. The van der Waals surface area contributed by atoms with Crippen LogP contribution in [-0.4, -0.2) is 53.9 Å². The van der Waals surface area contributed by atoms with Crippen LogP contribution in [0.4, 0.5) is 4.79 Å². The van der Waals surface area contributed by atoms with Gasteiger partial charge in [0.05, 0.1) is 13.2 Å². The van der Waals surface area contributed by atoms with Crippen molar-refractivity contribution in [3.8, 4) is 11.8 Å². The van der Waals surface area contributed by atoms with Gasteiger partial charge < -0.3 is 15.0 Å². The maximum absolute atomic E-state index is 13.1. The number of rotatable bonds is 5. The number of ether oxygens (including phenoxy) is 1. The first-order valence-electron chi connectivity index (χ1n) is 9.74. The van der Waals surface area contributed by atoms with E-state index in [0.29, 0.717) is 24.2 Å². The number of nitrogens with one attached hydrogen (secondary N) is 1. The molecule has 3 rings (SSSR count). The number of carbonyl (C=O) groups is 3. The molecule has 0 aromatic heterocycles. The Kier molecular flexibility index (Phi) is 5.51. The lowest BCUT2D eigenvalue weighted by Gasteiger charge is -2.39. The molecule has 0 spiro atoms. The molecule has 1 atom stereocenters. The molecule has 0 bridgehead atoms. The second-order valence-corrected chi connectivity index (χ2v) is 7.83. The van der Waals surface area contributed by atoms with E-state index in [1.165, 1.54) is 4.90 Å². The number of benzene rings is 1. The predicted octanol–water partition coefficient (Wildman–Crippen LogP) is 2.15. The van der Waals surface area contributed by atoms with E-state index in [1.807, 2.05) is 0 Å².